The zero-order chi connectivity index (χ0) is 15.4. The smallest absolute Gasteiger partial charge is 0.0335 e. The van der Waals surface area contributed by atoms with Crippen molar-refractivity contribution in [1.82, 2.24) is 9.88 Å². The molecule has 2 heterocycles. The summed E-state index contributed by atoms with van der Waals surface area (Å²) in [6.07, 6.45) is 6.06. The van der Waals surface area contributed by atoms with Gasteiger partial charge < -0.3 is 5.73 Å². The Labute approximate surface area is 133 Å². The minimum absolute atomic E-state index is 0.145. The molecule has 0 bridgehead atoms. The van der Waals surface area contributed by atoms with Gasteiger partial charge in [0.25, 0.3) is 0 Å². The normalized spacial score (nSPS) is 19.7. The molecule has 1 saturated heterocycles. The molecule has 0 saturated carbocycles. The van der Waals surface area contributed by atoms with E-state index in [1.165, 1.54) is 11.1 Å². The summed E-state index contributed by atoms with van der Waals surface area (Å²) >= 11 is 0. The monoisotopic (exact) mass is 295 g/mol. The second kappa shape index (κ2) is 6.59. The van der Waals surface area contributed by atoms with Crippen molar-refractivity contribution in [2.45, 2.75) is 31.2 Å². The van der Waals surface area contributed by atoms with Crippen LogP contribution < -0.4 is 5.73 Å². The topological polar surface area (TPSA) is 42.2 Å². The molecule has 3 rings (SSSR count). The molecule has 0 radical (unpaired) electrons. The molecule has 3 heteroatoms. The van der Waals surface area contributed by atoms with Crippen LogP contribution in [-0.2, 0) is 5.41 Å². The van der Waals surface area contributed by atoms with E-state index < -0.39 is 0 Å². The fourth-order valence-corrected chi connectivity index (χ4v) is 3.58. The van der Waals surface area contributed by atoms with Crippen LogP contribution in [0.25, 0.3) is 0 Å². The number of hydrogen-bond acceptors (Lipinski definition) is 3. The lowest BCUT2D eigenvalue weighted by Crippen LogP contribution is -2.47. The Morgan fingerprint density at radius 3 is 2.45 bits per heavy atom. The summed E-state index contributed by atoms with van der Waals surface area (Å²) in [4.78, 5) is 6.80. The van der Waals surface area contributed by atoms with E-state index in [2.05, 4.69) is 53.2 Å². The Morgan fingerprint density at radius 1 is 1.14 bits per heavy atom. The number of benzene rings is 1. The third kappa shape index (κ3) is 2.92. The predicted molar refractivity (Wildman–Crippen MR) is 90.6 cm³/mol. The van der Waals surface area contributed by atoms with Gasteiger partial charge in [0.1, 0.15) is 0 Å². The van der Waals surface area contributed by atoms with Gasteiger partial charge in [-0.2, -0.15) is 0 Å². The van der Waals surface area contributed by atoms with Gasteiger partial charge >= 0.3 is 0 Å². The molecule has 0 spiro atoms. The van der Waals surface area contributed by atoms with E-state index >= 15 is 0 Å². The van der Waals surface area contributed by atoms with E-state index in [-0.39, 0.29) is 5.41 Å². The maximum absolute atomic E-state index is 6.17. The first-order valence-corrected chi connectivity index (χ1v) is 8.15. The first-order chi connectivity index (χ1) is 10.7. The van der Waals surface area contributed by atoms with Crippen molar-refractivity contribution in [3.63, 3.8) is 0 Å². The maximum Gasteiger partial charge on any atom is 0.0335 e. The van der Waals surface area contributed by atoms with Crippen molar-refractivity contribution >= 4 is 0 Å². The van der Waals surface area contributed by atoms with E-state index in [1.807, 2.05) is 18.5 Å². The van der Waals surface area contributed by atoms with E-state index in [4.69, 9.17) is 5.73 Å². The standard InChI is InChI=1S/C19H25N3/c1-16(17-6-5-11-21-14-17)22-12-9-19(15-20,10-13-22)18-7-3-2-4-8-18/h2-8,11,14,16H,9-10,12-13,15,20H2,1H3. The Hall–Kier alpha value is -1.71. The molecule has 116 valence electrons. The molecule has 1 atom stereocenters. The Kier molecular flexibility index (Phi) is 4.55. The van der Waals surface area contributed by atoms with Crippen molar-refractivity contribution in [3.05, 3.63) is 66.0 Å². The van der Waals surface area contributed by atoms with Crippen LogP contribution in [0.5, 0.6) is 0 Å². The largest absolute Gasteiger partial charge is 0.330 e. The molecule has 1 aliphatic heterocycles. The van der Waals surface area contributed by atoms with Crippen molar-refractivity contribution in [1.29, 1.82) is 0 Å². The highest BCUT2D eigenvalue weighted by molar-refractivity contribution is 5.27. The molecule has 22 heavy (non-hydrogen) atoms. The molecule has 1 aromatic heterocycles. The molecular formula is C19H25N3. The Bertz CT molecular complexity index is 574. The summed E-state index contributed by atoms with van der Waals surface area (Å²) in [6, 6.07) is 15.4. The van der Waals surface area contributed by atoms with Crippen LogP contribution >= 0.6 is 0 Å². The second-order valence-electron chi connectivity index (χ2n) is 6.35. The predicted octanol–water partition coefficient (Wildman–Crippen LogP) is 3.14. The summed E-state index contributed by atoms with van der Waals surface area (Å²) in [7, 11) is 0. The fraction of sp³-hybridized carbons (Fsp3) is 0.421. The van der Waals surface area contributed by atoms with Crippen LogP contribution in [0.1, 0.15) is 36.9 Å². The number of pyridine rings is 1. The van der Waals surface area contributed by atoms with Crippen LogP contribution in [-0.4, -0.2) is 29.5 Å². The van der Waals surface area contributed by atoms with Gasteiger partial charge in [-0.3, -0.25) is 9.88 Å². The van der Waals surface area contributed by atoms with Gasteiger partial charge in [0, 0.05) is 30.4 Å². The summed E-state index contributed by atoms with van der Waals surface area (Å²) in [5.74, 6) is 0. The van der Waals surface area contributed by atoms with E-state index in [9.17, 15) is 0 Å². The minimum Gasteiger partial charge on any atom is -0.330 e. The van der Waals surface area contributed by atoms with Gasteiger partial charge in [-0.25, -0.2) is 0 Å². The average Bonchev–Trinajstić information content (AvgIpc) is 2.63. The van der Waals surface area contributed by atoms with Gasteiger partial charge in [0.05, 0.1) is 0 Å². The molecule has 1 aliphatic rings. The zero-order valence-electron chi connectivity index (χ0n) is 13.3. The molecule has 2 N–H and O–H groups in total. The number of piperidine rings is 1. The SMILES string of the molecule is CC(c1cccnc1)N1CCC(CN)(c2ccccc2)CC1. The molecule has 1 aromatic carbocycles. The van der Waals surface area contributed by atoms with Crippen LogP contribution in [0, 0.1) is 0 Å². The highest BCUT2D eigenvalue weighted by Gasteiger charge is 2.36. The number of aromatic nitrogens is 1. The summed E-state index contributed by atoms with van der Waals surface area (Å²) in [5, 5.41) is 0. The van der Waals surface area contributed by atoms with Crippen molar-refractivity contribution < 1.29 is 0 Å². The van der Waals surface area contributed by atoms with Crippen molar-refractivity contribution in [2.75, 3.05) is 19.6 Å². The number of rotatable bonds is 4. The van der Waals surface area contributed by atoms with Gasteiger partial charge in [0.2, 0.25) is 0 Å². The van der Waals surface area contributed by atoms with Crippen molar-refractivity contribution in [3.8, 4) is 0 Å². The number of nitrogens with zero attached hydrogens (tertiary/aromatic N) is 2. The summed E-state index contributed by atoms with van der Waals surface area (Å²) in [6.45, 7) is 5.17. The Balaban J connectivity index is 1.71. The van der Waals surface area contributed by atoms with Gasteiger partial charge in [0.15, 0.2) is 0 Å². The highest BCUT2D eigenvalue weighted by Crippen LogP contribution is 2.36. The minimum atomic E-state index is 0.145. The molecule has 3 nitrogen and oxygen atoms in total. The summed E-state index contributed by atoms with van der Waals surface area (Å²) < 4.78 is 0. The number of hydrogen-bond donors (Lipinski definition) is 1. The number of nitrogens with two attached hydrogens (primary N) is 1. The van der Waals surface area contributed by atoms with E-state index in [1.54, 1.807) is 0 Å². The summed E-state index contributed by atoms with van der Waals surface area (Å²) in [5.41, 5.74) is 9.01. The second-order valence-corrected chi connectivity index (χ2v) is 6.35. The van der Waals surface area contributed by atoms with Crippen LogP contribution in [0.15, 0.2) is 54.9 Å². The number of likely N-dealkylation sites (tertiary alicyclic amines) is 1. The lowest BCUT2D eigenvalue weighted by Gasteiger charge is -2.43. The molecule has 1 fully saturated rings. The lowest BCUT2D eigenvalue weighted by atomic mass is 9.72. The van der Waals surface area contributed by atoms with Crippen LogP contribution in [0.4, 0.5) is 0 Å². The average molecular weight is 295 g/mol. The third-order valence-electron chi connectivity index (χ3n) is 5.25. The van der Waals surface area contributed by atoms with Crippen molar-refractivity contribution in [2.24, 2.45) is 5.73 Å². The van der Waals surface area contributed by atoms with E-state index in [0.717, 1.165) is 32.5 Å². The lowest BCUT2D eigenvalue weighted by molar-refractivity contribution is 0.124. The Morgan fingerprint density at radius 2 is 1.86 bits per heavy atom. The maximum atomic E-state index is 6.17. The molecule has 0 amide bonds. The highest BCUT2D eigenvalue weighted by atomic mass is 15.2. The fourth-order valence-electron chi connectivity index (χ4n) is 3.58. The molecule has 0 aliphatic carbocycles. The van der Waals surface area contributed by atoms with Crippen LogP contribution in [0.2, 0.25) is 0 Å². The molecule has 1 unspecified atom stereocenters. The van der Waals surface area contributed by atoms with Gasteiger partial charge in [-0.05, 0) is 50.0 Å². The first kappa shape index (κ1) is 15.2. The van der Waals surface area contributed by atoms with Gasteiger partial charge in [-0.1, -0.05) is 36.4 Å². The third-order valence-corrected chi connectivity index (χ3v) is 5.25. The van der Waals surface area contributed by atoms with E-state index in [0.29, 0.717) is 6.04 Å². The molecule has 2 aromatic rings. The molecular weight excluding hydrogens is 270 g/mol. The first-order valence-electron chi connectivity index (χ1n) is 8.15. The van der Waals surface area contributed by atoms with Crippen LogP contribution in [0.3, 0.4) is 0 Å². The zero-order valence-corrected chi connectivity index (χ0v) is 13.3. The quantitative estimate of drug-likeness (QED) is 0.942. The van der Waals surface area contributed by atoms with Gasteiger partial charge in [-0.15, -0.1) is 0 Å².